The lowest BCUT2D eigenvalue weighted by Gasteiger charge is -2.08. The van der Waals surface area contributed by atoms with Crippen LogP contribution in [0.3, 0.4) is 0 Å². The van der Waals surface area contributed by atoms with E-state index in [1.807, 2.05) is 72.8 Å². The number of nitrogens with one attached hydrogen (secondary N) is 1. The maximum atomic E-state index is 12.0. The van der Waals surface area contributed by atoms with Gasteiger partial charge in [0.1, 0.15) is 11.5 Å². The van der Waals surface area contributed by atoms with Crippen molar-refractivity contribution in [3.63, 3.8) is 0 Å². The number of nitrogens with zero attached hydrogens (tertiary/aromatic N) is 1. The molecule has 0 spiro atoms. The lowest BCUT2D eigenvalue weighted by molar-refractivity contribution is -0.123. The van der Waals surface area contributed by atoms with Crippen molar-refractivity contribution in [2.45, 2.75) is 9.99 Å². The van der Waals surface area contributed by atoms with Gasteiger partial charge in [0.15, 0.2) is 11.7 Å². The van der Waals surface area contributed by atoms with Gasteiger partial charge in [-0.15, -0.1) is 0 Å². The van der Waals surface area contributed by atoms with Gasteiger partial charge in [-0.2, -0.15) is 5.10 Å². The average molecular weight is 437 g/mol. The highest BCUT2D eigenvalue weighted by Crippen LogP contribution is 2.29. The SMILES string of the molecule is O=C(COc1cccc2ccccc12)NN=Cc1ccc(Sc2ccc(Cl)cc2)o1. The Hall–Kier alpha value is -3.22. The molecule has 0 aliphatic carbocycles. The molecule has 0 saturated heterocycles. The van der Waals surface area contributed by atoms with Crippen LogP contribution in [0.25, 0.3) is 10.8 Å². The Bertz CT molecular complexity index is 1180. The number of furan rings is 1. The Balaban J connectivity index is 1.28. The van der Waals surface area contributed by atoms with E-state index >= 15 is 0 Å². The zero-order chi connectivity index (χ0) is 20.8. The molecule has 0 unspecified atom stereocenters. The molecule has 3 aromatic carbocycles. The molecule has 4 aromatic rings. The molecule has 0 saturated carbocycles. The van der Waals surface area contributed by atoms with Crippen molar-refractivity contribution in [2.75, 3.05) is 6.61 Å². The minimum Gasteiger partial charge on any atom is -0.483 e. The van der Waals surface area contributed by atoms with E-state index < -0.39 is 0 Å². The maximum absolute atomic E-state index is 12.0. The highest BCUT2D eigenvalue weighted by molar-refractivity contribution is 7.99. The summed E-state index contributed by atoms with van der Waals surface area (Å²) in [6.07, 6.45) is 1.45. The fourth-order valence-electron chi connectivity index (χ4n) is 2.74. The van der Waals surface area contributed by atoms with E-state index in [-0.39, 0.29) is 12.5 Å². The molecule has 0 radical (unpaired) electrons. The summed E-state index contributed by atoms with van der Waals surface area (Å²) in [5, 5.41) is 7.33. The minimum atomic E-state index is -0.360. The lowest BCUT2D eigenvalue weighted by atomic mass is 10.1. The van der Waals surface area contributed by atoms with Crippen LogP contribution in [-0.4, -0.2) is 18.7 Å². The van der Waals surface area contributed by atoms with E-state index in [2.05, 4.69) is 10.5 Å². The highest BCUT2D eigenvalue weighted by atomic mass is 35.5. The van der Waals surface area contributed by atoms with Crippen molar-refractivity contribution in [3.05, 3.63) is 89.6 Å². The Labute approximate surface area is 182 Å². The van der Waals surface area contributed by atoms with Gasteiger partial charge in [0.05, 0.1) is 6.21 Å². The number of carbonyl (C=O) groups is 1. The van der Waals surface area contributed by atoms with Gasteiger partial charge in [0.25, 0.3) is 5.91 Å². The average Bonchev–Trinajstić information content (AvgIpc) is 3.21. The predicted molar refractivity (Wildman–Crippen MR) is 119 cm³/mol. The third-order valence-electron chi connectivity index (χ3n) is 4.12. The number of hydrogen-bond donors (Lipinski definition) is 1. The van der Waals surface area contributed by atoms with Crippen LogP contribution in [0.1, 0.15) is 5.76 Å². The number of benzene rings is 3. The molecule has 1 heterocycles. The van der Waals surface area contributed by atoms with Crippen molar-refractivity contribution >= 4 is 46.3 Å². The van der Waals surface area contributed by atoms with Crippen molar-refractivity contribution < 1.29 is 13.9 Å². The first-order valence-electron chi connectivity index (χ1n) is 9.13. The van der Waals surface area contributed by atoms with Gasteiger partial charge in [-0.1, -0.05) is 59.8 Å². The summed E-state index contributed by atoms with van der Waals surface area (Å²) in [6, 6.07) is 24.7. The first-order valence-corrected chi connectivity index (χ1v) is 10.3. The maximum Gasteiger partial charge on any atom is 0.277 e. The quantitative estimate of drug-likeness (QED) is 0.295. The number of carbonyl (C=O) groups excluding carboxylic acids is 1. The second kappa shape index (κ2) is 9.52. The summed E-state index contributed by atoms with van der Waals surface area (Å²) < 4.78 is 11.3. The van der Waals surface area contributed by atoms with Crippen LogP contribution in [0.2, 0.25) is 5.02 Å². The van der Waals surface area contributed by atoms with Crippen LogP contribution in [0.5, 0.6) is 5.75 Å². The summed E-state index contributed by atoms with van der Waals surface area (Å²) in [6.45, 7) is -0.138. The molecule has 0 atom stereocenters. The first-order chi connectivity index (χ1) is 14.7. The molecule has 0 aliphatic heterocycles. The predicted octanol–water partition coefficient (Wildman–Crippen LogP) is 5.77. The summed E-state index contributed by atoms with van der Waals surface area (Å²) >= 11 is 7.36. The monoisotopic (exact) mass is 436 g/mol. The van der Waals surface area contributed by atoms with Gasteiger partial charge >= 0.3 is 0 Å². The number of fused-ring (bicyclic) bond motifs is 1. The van der Waals surface area contributed by atoms with Crippen molar-refractivity contribution in [1.82, 2.24) is 5.43 Å². The van der Waals surface area contributed by atoms with Crippen molar-refractivity contribution in [1.29, 1.82) is 0 Å². The molecule has 0 aliphatic rings. The van der Waals surface area contributed by atoms with Crippen LogP contribution in [0.4, 0.5) is 0 Å². The molecule has 5 nitrogen and oxygen atoms in total. The second-order valence-corrected chi connectivity index (χ2v) is 7.79. The smallest absolute Gasteiger partial charge is 0.277 e. The Morgan fingerprint density at radius 1 is 1.03 bits per heavy atom. The van der Waals surface area contributed by atoms with Gasteiger partial charge in [0.2, 0.25) is 0 Å². The van der Waals surface area contributed by atoms with Crippen LogP contribution >= 0.6 is 23.4 Å². The van der Waals surface area contributed by atoms with E-state index in [1.54, 1.807) is 6.07 Å². The largest absolute Gasteiger partial charge is 0.483 e. The minimum absolute atomic E-state index is 0.138. The van der Waals surface area contributed by atoms with Crippen molar-refractivity contribution in [2.24, 2.45) is 5.10 Å². The number of hydrogen-bond acceptors (Lipinski definition) is 5. The summed E-state index contributed by atoms with van der Waals surface area (Å²) in [5.41, 5.74) is 2.44. The standard InChI is InChI=1S/C23H17ClN2O3S/c24-17-8-11-19(12-9-17)30-23-13-10-18(29-23)14-25-26-22(27)15-28-21-7-3-5-16-4-1-2-6-20(16)21/h1-14H,15H2,(H,26,27). The third-order valence-corrected chi connectivity index (χ3v) is 5.30. The number of hydrazone groups is 1. The molecule has 150 valence electrons. The van der Waals surface area contributed by atoms with Gasteiger partial charge in [-0.05, 0) is 47.9 Å². The zero-order valence-corrected chi connectivity index (χ0v) is 17.3. The summed E-state index contributed by atoms with van der Waals surface area (Å²) in [4.78, 5) is 13.0. The second-order valence-electron chi connectivity index (χ2n) is 6.27. The lowest BCUT2D eigenvalue weighted by Crippen LogP contribution is -2.24. The number of ether oxygens (including phenoxy) is 1. The van der Waals surface area contributed by atoms with Gasteiger partial charge in [-0.25, -0.2) is 5.43 Å². The van der Waals surface area contributed by atoms with Gasteiger partial charge in [0, 0.05) is 15.3 Å². The van der Waals surface area contributed by atoms with E-state index in [0.29, 0.717) is 21.6 Å². The van der Waals surface area contributed by atoms with Crippen LogP contribution in [0, 0.1) is 0 Å². The normalized spacial score (nSPS) is 11.1. The molecule has 0 bridgehead atoms. The molecular weight excluding hydrogens is 420 g/mol. The molecule has 1 amide bonds. The molecular formula is C23H17ClN2O3S. The first kappa shape index (κ1) is 20.1. The van der Waals surface area contributed by atoms with Crippen LogP contribution in [-0.2, 0) is 4.79 Å². The van der Waals surface area contributed by atoms with E-state index in [1.165, 1.54) is 18.0 Å². The Kier molecular flexibility index (Phi) is 6.37. The summed E-state index contributed by atoms with van der Waals surface area (Å²) in [5.74, 6) is 0.824. The molecule has 30 heavy (non-hydrogen) atoms. The number of rotatable bonds is 7. The fraction of sp³-hybridized carbons (Fsp3) is 0.0435. The topological polar surface area (TPSA) is 63.8 Å². The highest BCUT2D eigenvalue weighted by Gasteiger charge is 2.06. The van der Waals surface area contributed by atoms with E-state index in [0.717, 1.165) is 15.7 Å². The van der Waals surface area contributed by atoms with Crippen LogP contribution in [0.15, 0.2) is 98.4 Å². The van der Waals surface area contributed by atoms with Crippen molar-refractivity contribution in [3.8, 4) is 5.75 Å². The van der Waals surface area contributed by atoms with Gasteiger partial charge < -0.3 is 9.15 Å². The van der Waals surface area contributed by atoms with E-state index in [9.17, 15) is 4.79 Å². The molecule has 1 aromatic heterocycles. The zero-order valence-electron chi connectivity index (χ0n) is 15.7. The number of halogens is 1. The van der Waals surface area contributed by atoms with Crippen LogP contribution < -0.4 is 10.2 Å². The molecule has 7 heteroatoms. The molecule has 1 N–H and O–H groups in total. The molecule has 4 rings (SSSR count). The molecule has 0 fully saturated rings. The fourth-order valence-corrected chi connectivity index (χ4v) is 3.65. The van der Waals surface area contributed by atoms with Gasteiger partial charge in [-0.3, -0.25) is 4.79 Å². The van der Waals surface area contributed by atoms with E-state index in [4.69, 9.17) is 20.8 Å². The Morgan fingerprint density at radius 2 is 1.83 bits per heavy atom. The number of amides is 1. The Morgan fingerprint density at radius 3 is 2.70 bits per heavy atom. The third kappa shape index (κ3) is 5.23. The summed E-state index contributed by atoms with van der Waals surface area (Å²) in [7, 11) is 0.